The fourth-order valence-electron chi connectivity index (χ4n) is 2.17. The molecule has 0 saturated heterocycles. The normalized spacial score (nSPS) is 11.5. The van der Waals surface area contributed by atoms with Crippen LogP contribution in [0.3, 0.4) is 0 Å². The summed E-state index contributed by atoms with van der Waals surface area (Å²) in [6, 6.07) is 3.78. The minimum atomic E-state index is -0.201. The highest BCUT2D eigenvalue weighted by atomic mass is 19.1. The summed E-state index contributed by atoms with van der Waals surface area (Å²) in [6.45, 7) is 8.14. The van der Waals surface area contributed by atoms with E-state index in [1.807, 2.05) is 19.9 Å². The molecule has 0 saturated carbocycles. The third kappa shape index (κ3) is 2.30. The van der Waals surface area contributed by atoms with Gasteiger partial charge in [0, 0.05) is 23.8 Å². The van der Waals surface area contributed by atoms with E-state index in [0.29, 0.717) is 5.69 Å². The zero-order valence-electron chi connectivity index (χ0n) is 11.3. The lowest BCUT2D eigenvalue weighted by Crippen LogP contribution is -2.12. The van der Waals surface area contributed by atoms with Gasteiger partial charge in [0.2, 0.25) is 0 Å². The summed E-state index contributed by atoms with van der Waals surface area (Å²) < 4.78 is 14.2. The molecule has 1 heterocycles. The first-order valence-corrected chi connectivity index (χ1v) is 6.33. The summed E-state index contributed by atoms with van der Waals surface area (Å²) in [4.78, 5) is 4.12. The molecule has 0 radical (unpaired) electrons. The second-order valence-electron chi connectivity index (χ2n) is 5.20. The average molecular weight is 246 g/mol. The molecule has 1 aromatic heterocycles. The molecule has 0 spiro atoms. The Morgan fingerprint density at radius 2 is 1.89 bits per heavy atom. The molecule has 0 aliphatic carbocycles. The largest absolute Gasteiger partial charge is 0.380 e. The number of pyridine rings is 1. The highest BCUT2D eigenvalue weighted by Crippen LogP contribution is 2.33. The Hall–Kier alpha value is -1.64. The van der Waals surface area contributed by atoms with Crippen molar-refractivity contribution < 1.29 is 4.39 Å². The Morgan fingerprint density at radius 3 is 2.50 bits per heavy atom. The van der Waals surface area contributed by atoms with E-state index in [1.165, 1.54) is 0 Å². The number of aromatic nitrogens is 1. The molecule has 0 aliphatic heterocycles. The fourth-order valence-corrected chi connectivity index (χ4v) is 2.17. The van der Waals surface area contributed by atoms with Crippen LogP contribution in [0.5, 0.6) is 0 Å². The summed E-state index contributed by atoms with van der Waals surface area (Å²) in [7, 11) is 0. The van der Waals surface area contributed by atoms with Crippen molar-refractivity contribution in [1.82, 2.24) is 4.98 Å². The number of rotatable bonds is 3. The summed E-state index contributed by atoms with van der Waals surface area (Å²) in [5.41, 5.74) is 1.58. The van der Waals surface area contributed by atoms with Gasteiger partial charge in [-0.15, -0.1) is 0 Å². The lowest BCUT2D eigenvalue weighted by atomic mass is 9.95. The monoisotopic (exact) mass is 246 g/mol. The van der Waals surface area contributed by atoms with Crippen molar-refractivity contribution >= 4 is 16.5 Å². The number of hydrogen-bond acceptors (Lipinski definition) is 2. The van der Waals surface area contributed by atoms with Crippen LogP contribution in [0.15, 0.2) is 24.5 Å². The van der Waals surface area contributed by atoms with Crippen LogP contribution in [-0.2, 0) is 0 Å². The number of hydrogen-bond donors (Lipinski definition) is 1. The maximum atomic E-state index is 14.2. The Kier molecular flexibility index (Phi) is 3.50. The topological polar surface area (TPSA) is 24.9 Å². The maximum absolute atomic E-state index is 14.2. The first kappa shape index (κ1) is 12.8. The molecule has 0 fully saturated rings. The van der Waals surface area contributed by atoms with Crippen LogP contribution in [0.2, 0.25) is 0 Å². The van der Waals surface area contributed by atoms with Crippen LogP contribution in [-0.4, -0.2) is 11.0 Å². The number of fused-ring (bicyclic) bond motifs is 1. The van der Waals surface area contributed by atoms with E-state index >= 15 is 0 Å². The number of benzene rings is 1. The van der Waals surface area contributed by atoms with E-state index in [1.54, 1.807) is 18.5 Å². The van der Waals surface area contributed by atoms with Gasteiger partial charge >= 0.3 is 0 Å². The molecule has 1 N–H and O–H groups in total. The van der Waals surface area contributed by atoms with Crippen molar-refractivity contribution in [2.45, 2.75) is 39.7 Å². The predicted octanol–water partition coefficient (Wildman–Crippen LogP) is 4.32. The third-order valence-electron chi connectivity index (χ3n) is 2.98. The van der Waals surface area contributed by atoms with Crippen LogP contribution in [0, 0.1) is 5.82 Å². The van der Waals surface area contributed by atoms with E-state index in [2.05, 4.69) is 24.1 Å². The summed E-state index contributed by atoms with van der Waals surface area (Å²) in [6.07, 6.45) is 3.49. The van der Waals surface area contributed by atoms with Crippen molar-refractivity contribution in [3.8, 4) is 0 Å². The Labute approximate surface area is 107 Å². The summed E-state index contributed by atoms with van der Waals surface area (Å²) >= 11 is 0. The Bertz CT molecular complexity index is 562. The number of nitrogens with one attached hydrogen (secondary N) is 1. The second kappa shape index (κ2) is 4.92. The minimum Gasteiger partial charge on any atom is -0.380 e. The number of nitrogens with zero attached hydrogens (tertiary/aromatic N) is 1. The molecule has 2 rings (SSSR count). The van der Waals surface area contributed by atoms with Crippen molar-refractivity contribution in [2.75, 3.05) is 5.32 Å². The van der Waals surface area contributed by atoms with Crippen molar-refractivity contribution in [3.63, 3.8) is 0 Å². The van der Waals surface area contributed by atoms with Gasteiger partial charge < -0.3 is 5.32 Å². The molecule has 0 unspecified atom stereocenters. The Balaban J connectivity index is 2.73. The van der Waals surface area contributed by atoms with Gasteiger partial charge in [-0.1, -0.05) is 13.8 Å². The van der Waals surface area contributed by atoms with Crippen molar-refractivity contribution in [3.05, 3.63) is 35.9 Å². The van der Waals surface area contributed by atoms with Gasteiger partial charge in [0.15, 0.2) is 0 Å². The van der Waals surface area contributed by atoms with Crippen LogP contribution < -0.4 is 5.32 Å². The van der Waals surface area contributed by atoms with Crippen LogP contribution >= 0.6 is 0 Å². The van der Waals surface area contributed by atoms with Crippen LogP contribution in [0.25, 0.3) is 10.8 Å². The van der Waals surface area contributed by atoms with E-state index < -0.39 is 0 Å². The lowest BCUT2D eigenvalue weighted by molar-refractivity contribution is 0.626. The molecular weight excluding hydrogens is 227 g/mol. The highest BCUT2D eigenvalue weighted by molar-refractivity contribution is 5.96. The number of halogens is 1. The molecule has 3 heteroatoms. The molecule has 18 heavy (non-hydrogen) atoms. The van der Waals surface area contributed by atoms with E-state index in [9.17, 15) is 4.39 Å². The quantitative estimate of drug-likeness (QED) is 0.872. The summed E-state index contributed by atoms with van der Waals surface area (Å²) in [5, 5.41) is 5.10. The van der Waals surface area contributed by atoms with E-state index in [-0.39, 0.29) is 17.8 Å². The lowest BCUT2D eigenvalue weighted by Gasteiger charge is -2.17. The van der Waals surface area contributed by atoms with Crippen LogP contribution in [0.4, 0.5) is 10.1 Å². The zero-order valence-corrected chi connectivity index (χ0v) is 11.3. The van der Waals surface area contributed by atoms with E-state index in [0.717, 1.165) is 16.3 Å². The molecule has 2 aromatic rings. The molecule has 0 bridgehead atoms. The fraction of sp³-hybridized carbons (Fsp3) is 0.400. The van der Waals surface area contributed by atoms with E-state index in [4.69, 9.17) is 0 Å². The average Bonchev–Trinajstić information content (AvgIpc) is 2.31. The Morgan fingerprint density at radius 1 is 1.17 bits per heavy atom. The standard InChI is InChI=1S/C15H19FN2/c1-9(2)12-7-14(16)15(18-10(3)4)13-8-17-6-5-11(12)13/h5-10,18H,1-4H3. The predicted molar refractivity (Wildman–Crippen MR) is 74.5 cm³/mol. The van der Waals surface area contributed by atoms with Gasteiger partial charge in [-0.3, -0.25) is 4.98 Å². The van der Waals surface area contributed by atoms with Gasteiger partial charge in [0.05, 0.1) is 5.69 Å². The van der Waals surface area contributed by atoms with Gasteiger partial charge in [0.25, 0.3) is 0 Å². The molecule has 0 atom stereocenters. The third-order valence-corrected chi connectivity index (χ3v) is 2.98. The van der Waals surface area contributed by atoms with Gasteiger partial charge in [-0.25, -0.2) is 4.39 Å². The molecular formula is C15H19FN2. The van der Waals surface area contributed by atoms with Crippen LogP contribution in [0.1, 0.15) is 39.2 Å². The maximum Gasteiger partial charge on any atom is 0.147 e. The smallest absolute Gasteiger partial charge is 0.147 e. The molecule has 96 valence electrons. The van der Waals surface area contributed by atoms with Crippen molar-refractivity contribution in [1.29, 1.82) is 0 Å². The molecule has 0 amide bonds. The molecule has 0 aliphatic rings. The highest BCUT2D eigenvalue weighted by Gasteiger charge is 2.14. The molecule has 1 aromatic carbocycles. The summed E-state index contributed by atoms with van der Waals surface area (Å²) in [5.74, 6) is 0.0883. The molecule has 2 nitrogen and oxygen atoms in total. The first-order chi connectivity index (χ1) is 8.50. The number of anilines is 1. The van der Waals surface area contributed by atoms with Gasteiger partial charge in [-0.05, 0) is 42.8 Å². The zero-order chi connectivity index (χ0) is 13.3. The minimum absolute atomic E-state index is 0.188. The first-order valence-electron chi connectivity index (χ1n) is 6.33. The van der Waals surface area contributed by atoms with Gasteiger partial charge in [-0.2, -0.15) is 0 Å². The SMILES string of the molecule is CC(C)Nc1c(F)cc(C(C)C)c2ccncc12. The van der Waals surface area contributed by atoms with Gasteiger partial charge in [0.1, 0.15) is 5.82 Å². The van der Waals surface area contributed by atoms with Crippen molar-refractivity contribution in [2.24, 2.45) is 0 Å². The second-order valence-corrected chi connectivity index (χ2v) is 5.20.